The van der Waals surface area contributed by atoms with Crippen molar-refractivity contribution in [1.29, 1.82) is 0 Å². The van der Waals surface area contributed by atoms with Crippen LogP contribution in [0.25, 0.3) is 10.9 Å². The van der Waals surface area contributed by atoms with Crippen molar-refractivity contribution < 1.29 is 8.42 Å². The van der Waals surface area contributed by atoms with Crippen molar-refractivity contribution in [2.24, 2.45) is 0 Å². The first-order valence-corrected chi connectivity index (χ1v) is 13.0. The topological polar surface area (TPSA) is 75.2 Å². The number of nitrogens with zero attached hydrogens (tertiary/aromatic N) is 1. The Morgan fingerprint density at radius 2 is 1.88 bits per heavy atom. The van der Waals surface area contributed by atoms with Crippen molar-refractivity contribution in [3.8, 4) is 11.8 Å². The number of benzene rings is 2. The summed E-state index contributed by atoms with van der Waals surface area (Å²) in [5.74, 6) is 6.51. The van der Waals surface area contributed by atoms with Crippen LogP contribution in [0.3, 0.4) is 0 Å². The minimum atomic E-state index is -3.18. The molecule has 0 amide bonds. The van der Waals surface area contributed by atoms with Gasteiger partial charge in [0.25, 0.3) is 0 Å². The average Bonchev–Trinajstić information content (AvgIpc) is 3.15. The molecule has 0 atom stereocenters. The van der Waals surface area contributed by atoms with E-state index in [1.54, 1.807) is 24.3 Å². The van der Waals surface area contributed by atoms with Gasteiger partial charge in [-0.05, 0) is 81.2 Å². The minimum absolute atomic E-state index is 0.315. The summed E-state index contributed by atoms with van der Waals surface area (Å²) >= 11 is 0. The van der Waals surface area contributed by atoms with E-state index >= 15 is 0 Å². The molecule has 0 unspecified atom stereocenters. The van der Waals surface area contributed by atoms with Gasteiger partial charge in [-0.15, -0.1) is 0 Å². The van der Waals surface area contributed by atoms with E-state index in [0.717, 1.165) is 43.9 Å². The molecule has 0 bridgehead atoms. The highest BCUT2D eigenvalue weighted by Gasteiger charge is 2.15. The van der Waals surface area contributed by atoms with E-state index in [9.17, 15) is 8.42 Å². The molecule has 3 aromatic rings. The highest BCUT2D eigenvalue weighted by Crippen LogP contribution is 2.28. The van der Waals surface area contributed by atoms with Crippen LogP contribution in [0.2, 0.25) is 0 Å². The molecule has 1 aliphatic heterocycles. The number of aromatic nitrogens is 1. The largest absolute Gasteiger partial charge is 0.382 e. The number of hydrogen-bond acceptors (Lipinski definition) is 5. The third-order valence-electron chi connectivity index (χ3n) is 5.84. The fraction of sp³-hybridized carbons (Fsp3) is 0.360. The summed E-state index contributed by atoms with van der Waals surface area (Å²) < 4.78 is 25.4. The Bertz CT molecular complexity index is 1240. The third-order valence-corrected chi connectivity index (χ3v) is 6.97. The second-order valence-electron chi connectivity index (χ2n) is 8.13. The first kappa shape index (κ1) is 22.3. The molecule has 1 fully saturated rings. The number of sulfone groups is 1. The van der Waals surface area contributed by atoms with Crippen LogP contribution in [-0.2, 0) is 16.4 Å². The molecule has 32 heavy (non-hydrogen) atoms. The van der Waals surface area contributed by atoms with Gasteiger partial charge in [-0.2, -0.15) is 0 Å². The van der Waals surface area contributed by atoms with Gasteiger partial charge in [0, 0.05) is 35.6 Å². The zero-order chi connectivity index (χ0) is 22.6. The molecule has 3 N–H and O–H groups in total. The van der Waals surface area contributed by atoms with Gasteiger partial charge in [-0.3, -0.25) is 0 Å². The molecule has 1 aromatic heterocycles. The van der Waals surface area contributed by atoms with Crippen molar-refractivity contribution in [3.05, 3.63) is 54.2 Å². The maximum absolute atomic E-state index is 11.6. The minimum Gasteiger partial charge on any atom is -0.382 e. The molecule has 0 radical (unpaired) electrons. The molecule has 168 valence electrons. The van der Waals surface area contributed by atoms with E-state index in [4.69, 9.17) is 0 Å². The summed E-state index contributed by atoms with van der Waals surface area (Å²) in [6, 6.07) is 15.8. The van der Waals surface area contributed by atoms with Gasteiger partial charge in [0.2, 0.25) is 0 Å². The maximum Gasteiger partial charge on any atom is 0.175 e. The number of piperidine rings is 1. The van der Waals surface area contributed by atoms with E-state index < -0.39 is 9.84 Å². The number of fused-ring (bicyclic) bond motifs is 1. The van der Waals surface area contributed by atoms with Crippen LogP contribution < -0.4 is 16.0 Å². The third kappa shape index (κ3) is 5.09. The van der Waals surface area contributed by atoms with Crippen molar-refractivity contribution in [2.45, 2.75) is 37.2 Å². The number of rotatable bonds is 6. The van der Waals surface area contributed by atoms with Crippen molar-refractivity contribution >= 4 is 32.1 Å². The summed E-state index contributed by atoms with van der Waals surface area (Å²) in [6.45, 7) is 5.59. The Kier molecular flexibility index (Phi) is 6.73. The quantitative estimate of drug-likeness (QED) is 0.500. The first-order chi connectivity index (χ1) is 15.5. The fourth-order valence-corrected chi connectivity index (χ4v) is 4.77. The standard InChI is InChI=1S/C25H30N4O2S/c1-3-29-21(6-5-15-27-19-9-11-22(12-10-19)32(2,30)31)18-23-24(7-4-8-25(23)29)28-20-13-16-26-17-14-20/h4,7-12,18,20,26-28H,3,13-17H2,1-2H3. The van der Waals surface area contributed by atoms with Gasteiger partial charge in [0.15, 0.2) is 9.84 Å². The zero-order valence-corrected chi connectivity index (χ0v) is 19.4. The lowest BCUT2D eigenvalue weighted by atomic mass is 10.1. The lowest BCUT2D eigenvalue weighted by molar-refractivity contribution is 0.479. The normalized spacial score (nSPS) is 14.7. The second-order valence-corrected chi connectivity index (χ2v) is 10.1. The summed E-state index contributed by atoms with van der Waals surface area (Å²) in [6.07, 6.45) is 3.48. The smallest absolute Gasteiger partial charge is 0.175 e. The fourth-order valence-electron chi connectivity index (χ4n) is 4.14. The van der Waals surface area contributed by atoms with E-state index in [2.05, 4.69) is 63.5 Å². The van der Waals surface area contributed by atoms with E-state index in [-0.39, 0.29) is 0 Å². The van der Waals surface area contributed by atoms with Gasteiger partial charge in [0.05, 0.1) is 22.7 Å². The van der Waals surface area contributed by atoms with Gasteiger partial charge in [-0.1, -0.05) is 12.0 Å². The Morgan fingerprint density at radius 3 is 2.56 bits per heavy atom. The number of hydrogen-bond donors (Lipinski definition) is 3. The van der Waals surface area contributed by atoms with Crippen LogP contribution in [0.1, 0.15) is 25.5 Å². The molecule has 2 aromatic carbocycles. The van der Waals surface area contributed by atoms with Crippen LogP contribution >= 0.6 is 0 Å². The summed E-state index contributed by atoms with van der Waals surface area (Å²) in [4.78, 5) is 0.315. The van der Waals surface area contributed by atoms with Crippen molar-refractivity contribution in [1.82, 2.24) is 9.88 Å². The average molecular weight is 451 g/mol. The lowest BCUT2D eigenvalue weighted by Crippen LogP contribution is -2.35. The van der Waals surface area contributed by atoms with E-state index in [1.165, 1.54) is 22.8 Å². The van der Waals surface area contributed by atoms with Crippen LogP contribution in [0.5, 0.6) is 0 Å². The Hall–Kier alpha value is -2.95. The molecule has 2 heterocycles. The predicted octanol–water partition coefficient (Wildman–Crippen LogP) is 3.69. The predicted molar refractivity (Wildman–Crippen MR) is 132 cm³/mol. The summed E-state index contributed by atoms with van der Waals surface area (Å²) in [5, 5.41) is 11.6. The molecule has 1 saturated heterocycles. The molecular formula is C25H30N4O2S. The Morgan fingerprint density at radius 1 is 1.12 bits per heavy atom. The molecule has 0 aliphatic carbocycles. The summed E-state index contributed by atoms with van der Waals surface area (Å²) in [7, 11) is -3.18. The summed E-state index contributed by atoms with van der Waals surface area (Å²) in [5.41, 5.74) is 4.21. The molecule has 4 rings (SSSR count). The lowest BCUT2D eigenvalue weighted by Gasteiger charge is -2.25. The molecule has 1 aliphatic rings. The number of nitrogens with one attached hydrogen (secondary N) is 3. The van der Waals surface area contributed by atoms with E-state index in [0.29, 0.717) is 17.5 Å². The van der Waals surface area contributed by atoms with Crippen LogP contribution in [0.15, 0.2) is 53.4 Å². The first-order valence-electron chi connectivity index (χ1n) is 11.1. The molecule has 7 heteroatoms. The SMILES string of the molecule is CCn1c(C#CCNc2ccc(S(C)(=O)=O)cc2)cc2c(NC3CCNCC3)cccc21. The second kappa shape index (κ2) is 9.68. The molecular weight excluding hydrogens is 420 g/mol. The van der Waals surface area contributed by atoms with Crippen molar-refractivity contribution in [3.63, 3.8) is 0 Å². The Balaban J connectivity index is 1.49. The van der Waals surface area contributed by atoms with Crippen LogP contribution in [0, 0.1) is 11.8 Å². The van der Waals surface area contributed by atoms with Gasteiger partial charge in [-0.25, -0.2) is 8.42 Å². The Labute approximate surface area is 190 Å². The van der Waals surface area contributed by atoms with Gasteiger partial charge >= 0.3 is 0 Å². The highest BCUT2D eigenvalue weighted by molar-refractivity contribution is 7.90. The van der Waals surface area contributed by atoms with Crippen LogP contribution in [-0.4, -0.2) is 44.9 Å². The van der Waals surface area contributed by atoms with Crippen LogP contribution in [0.4, 0.5) is 11.4 Å². The van der Waals surface area contributed by atoms with Gasteiger partial charge in [0.1, 0.15) is 0 Å². The molecule has 6 nitrogen and oxygen atoms in total. The van der Waals surface area contributed by atoms with Gasteiger partial charge < -0.3 is 20.5 Å². The molecule has 0 spiro atoms. The zero-order valence-electron chi connectivity index (χ0n) is 18.6. The molecule has 0 saturated carbocycles. The maximum atomic E-state index is 11.6. The highest BCUT2D eigenvalue weighted by atomic mass is 32.2. The van der Waals surface area contributed by atoms with Crippen molar-refractivity contribution in [2.75, 3.05) is 36.5 Å². The number of anilines is 2. The number of aryl methyl sites for hydroxylation is 1. The van der Waals surface area contributed by atoms with E-state index in [1.807, 2.05) is 0 Å². The monoisotopic (exact) mass is 450 g/mol.